The normalized spacial score (nSPS) is 29.8. The van der Waals surface area contributed by atoms with Crippen molar-refractivity contribution < 1.29 is 21.9 Å². The molecule has 2 saturated heterocycles. The molecule has 0 amide bonds. The van der Waals surface area contributed by atoms with E-state index in [1.54, 1.807) is 7.11 Å². The van der Waals surface area contributed by atoms with Crippen molar-refractivity contribution in [3.05, 3.63) is 29.8 Å². The summed E-state index contributed by atoms with van der Waals surface area (Å²) in [7, 11) is -2.56. The molecule has 3 rings (SSSR count). The van der Waals surface area contributed by atoms with Gasteiger partial charge in [0.15, 0.2) is 4.90 Å². The van der Waals surface area contributed by atoms with E-state index in [0.717, 1.165) is 18.2 Å². The maximum atomic E-state index is 13.8. The number of benzene rings is 1. The van der Waals surface area contributed by atoms with Crippen molar-refractivity contribution in [1.82, 2.24) is 4.31 Å². The Kier molecular flexibility index (Phi) is 3.75. The summed E-state index contributed by atoms with van der Waals surface area (Å²) in [5.41, 5.74) is 0. The summed E-state index contributed by atoms with van der Waals surface area (Å²) in [6.07, 6.45) is 2.57. The van der Waals surface area contributed by atoms with E-state index in [-0.39, 0.29) is 18.2 Å². The molecule has 21 heavy (non-hydrogen) atoms. The Labute approximate surface area is 122 Å². The molecule has 1 aromatic carbocycles. The van der Waals surface area contributed by atoms with Crippen LogP contribution in [0.5, 0.6) is 0 Å². The maximum absolute atomic E-state index is 13.8. The predicted octanol–water partition coefficient (Wildman–Crippen LogP) is 2.30. The van der Waals surface area contributed by atoms with E-state index in [1.165, 1.54) is 4.31 Å². The highest BCUT2D eigenvalue weighted by molar-refractivity contribution is 7.89. The molecular formula is C14H17F2NO3S. The summed E-state index contributed by atoms with van der Waals surface area (Å²) in [5.74, 6) is -2.08. The van der Waals surface area contributed by atoms with Crippen molar-refractivity contribution in [2.24, 2.45) is 0 Å². The van der Waals surface area contributed by atoms with Gasteiger partial charge in [0.2, 0.25) is 10.0 Å². The van der Waals surface area contributed by atoms with Gasteiger partial charge in [-0.05, 0) is 37.8 Å². The first-order valence-electron chi connectivity index (χ1n) is 6.95. The lowest BCUT2D eigenvalue weighted by molar-refractivity contribution is 0.0348. The molecule has 2 heterocycles. The summed E-state index contributed by atoms with van der Waals surface area (Å²) < 4.78 is 59.7. The molecule has 1 aromatic rings. The third kappa shape index (κ3) is 2.37. The molecule has 0 aromatic heterocycles. The average Bonchev–Trinajstić information content (AvgIpc) is 2.70. The standard InChI is InChI=1S/C14H17F2NO3S/c1-20-11-7-9-5-6-10(8-11)17(9)21(18,19)14-12(15)3-2-4-13(14)16/h2-4,9-11H,5-8H2,1H3. The second-order valence-electron chi connectivity index (χ2n) is 5.60. The van der Waals surface area contributed by atoms with E-state index >= 15 is 0 Å². The minimum absolute atomic E-state index is 0.0133. The van der Waals surface area contributed by atoms with Gasteiger partial charge < -0.3 is 4.74 Å². The minimum atomic E-state index is -4.16. The zero-order valence-corrected chi connectivity index (χ0v) is 12.4. The minimum Gasteiger partial charge on any atom is -0.381 e. The Morgan fingerprint density at radius 1 is 1.14 bits per heavy atom. The quantitative estimate of drug-likeness (QED) is 0.859. The molecular weight excluding hydrogens is 300 g/mol. The summed E-state index contributed by atoms with van der Waals surface area (Å²) in [5, 5.41) is 0. The Morgan fingerprint density at radius 3 is 2.14 bits per heavy atom. The van der Waals surface area contributed by atoms with Crippen molar-refractivity contribution in [1.29, 1.82) is 0 Å². The molecule has 0 spiro atoms. The van der Waals surface area contributed by atoms with Gasteiger partial charge in [-0.25, -0.2) is 17.2 Å². The molecule has 0 saturated carbocycles. The van der Waals surface area contributed by atoms with Crippen LogP contribution in [-0.4, -0.2) is 38.0 Å². The summed E-state index contributed by atoms with van der Waals surface area (Å²) in [6.45, 7) is 0. The van der Waals surface area contributed by atoms with Crippen molar-refractivity contribution in [2.75, 3.05) is 7.11 Å². The monoisotopic (exact) mass is 317 g/mol. The van der Waals surface area contributed by atoms with Gasteiger partial charge in [-0.2, -0.15) is 4.31 Å². The first-order valence-corrected chi connectivity index (χ1v) is 8.39. The third-order valence-electron chi connectivity index (χ3n) is 4.41. The average molecular weight is 317 g/mol. The lowest BCUT2D eigenvalue weighted by Crippen LogP contribution is -2.48. The second kappa shape index (κ2) is 5.30. The fraction of sp³-hybridized carbons (Fsp3) is 0.571. The van der Waals surface area contributed by atoms with Gasteiger partial charge in [0.1, 0.15) is 11.6 Å². The van der Waals surface area contributed by atoms with Gasteiger partial charge in [0, 0.05) is 19.2 Å². The van der Waals surface area contributed by atoms with Crippen LogP contribution in [0.4, 0.5) is 8.78 Å². The maximum Gasteiger partial charge on any atom is 0.249 e. The molecule has 116 valence electrons. The van der Waals surface area contributed by atoms with Crippen LogP contribution in [-0.2, 0) is 14.8 Å². The van der Waals surface area contributed by atoms with Gasteiger partial charge >= 0.3 is 0 Å². The number of methoxy groups -OCH3 is 1. The van der Waals surface area contributed by atoms with E-state index in [1.807, 2.05) is 0 Å². The topological polar surface area (TPSA) is 46.6 Å². The lowest BCUT2D eigenvalue weighted by Gasteiger charge is -2.37. The first kappa shape index (κ1) is 14.9. The number of piperidine rings is 1. The van der Waals surface area contributed by atoms with Crippen LogP contribution in [0.3, 0.4) is 0 Å². The van der Waals surface area contributed by atoms with Crippen molar-refractivity contribution in [2.45, 2.75) is 48.8 Å². The highest BCUT2D eigenvalue weighted by Gasteiger charge is 2.48. The molecule has 2 unspecified atom stereocenters. The van der Waals surface area contributed by atoms with Crippen LogP contribution in [0.15, 0.2) is 23.1 Å². The molecule has 0 N–H and O–H groups in total. The molecule has 2 aliphatic heterocycles. The first-order chi connectivity index (χ1) is 9.95. The molecule has 0 aliphatic carbocycles. The van der Waals surface area contributed by atoms with Gasteiger partial charge in [-0.1, -0.05) is 6.07 Å². The van der Waals surface area contributed by atoms with Crippen molar-refractivity contribution in [3.63, 3.8) is 0 Å². The van der Waals surface area contributed by atoms with Crippen LogP contribution >= 0.6 is 0 Å². The number of sulfonamides is 1. The van der Waals surface area contributed by atoms with Gasteiger partial charge in [-0.3, -0.25) is 0 Å². The molecule has 2 fully saturated rings. The third-order valence-corrected chi connectivity index (χ3v) is 6.47. The number of hydrogen-bond donors (Lipinski definition) is 0. The second-order valence-corrected chi connectivity index (χ2v) is 7.38. The zero-order chi connectivity index (χ0) is 15.2. The summed E-state index contributed by atoms with van der Waals surface area (Å²) >= 11 is 0. The predicted molar refractivity (Wildman–Crippen MR) is 72.2 cm³/mol. The Bertz CT molecular complexity index is 615. The summed E-state index contributed by atoms with van der Waals surface area (Å²) in [6, 6.07) is 2.63. The number of hydrogen-bond acceptors (Lipinski definition) is 3. The van der Waals surface area contributed by atoms with E-state index in [9.17, 15) is 17.2 Å². The number of halogens is 2. The fourth-order valence-electron chi connectivity index (χ4n) is 3.50. The summed E-state index contributed by atoms with van der Waals surface area (Å²) in [4.78, 5) is -0.835. The number of ether oxygens (including phenoxy) is 1. The number of nitrogens with zero attached hydrogens (tertiary/aromatic N) is 1. The molecule has 2 atom stereocenters. The smallest absolute Gasteiger partial charge is 0.249 e. The van der Waals surface area contributed by atoms with E-state index < -0.39 is 26.6 Å². The number of fused-ring (bicyclic) bond motifs is 2. The van der Waals surface area contributed by atoms with Crippen LogP contribution < -0.4 is 0 Å². The van der Waals surface area contributed by atoms with Crippen molar-refractivity contribution >= 4 is 10.0 Å². The molecule has 0 radical (unpaired) electrons. The fourth-order valence-corrected chi connectivity index (χ4v) is 5.51. The van der Waals surface area contributed by atoms with Crippen molar-refractivity contribution in [3.8, 4) is 0 Å². The Balaban J connectivity index is 2.01. The Hall–Kier alpha value is -1.05. The largest absolute Gasteiger partial charge is 0.381 e. The number of rotatable bonds is 3. The molecule has 4 nitrogen and oxygen atoms in total. The zero-order valence-electron chi connectivity index (χ0n) is 11.6. The molecule has 7 heteroatoms. The van der Waals surface area contributed by atoms with Crippen LogP contribution in [0.2, 0.25) is 0 Å². The highest BCUT2D eigenvalue weighted by atomic mass is 32.2. The lowest BCUT2D eigenvalue weighted by atomic mass is 10.0. The SMILES string of the molecule is COC1CC2CCC(C1)N2S(=O)(=O)c1c(F)cccc1F. The molecule has 2 aliphatic rings. The van der Waals surface area contributed by atoms with Crippen LogP contribution in [0.1, 0.15) is 25.7 Å². The van der Waals surface area contributed by atoms with Gasteiger partial charge in [0.05, 0.1) is 6.10 Å². The highest BCUT2D eigenvalue weighted by Crippen LogP contribution is 2.41. The van der Waals surface area contributed by atoms with Crippen LogP contribution in [0, 0.1) is 11.6 Å². The van der Waals surface area contributed by atoms with E-state index in [2.05, 4.69) is 0 Å². The van der Waals surface area contributed by atoms with Gasteiger partial charge in [0.25, 0.3) is 0 Å². The van der Waals surface area contributed by atoms with Gasteiger partial charge in [-0.15, -0.1) is 0 Å². The van der Waals surface area contributed by atoms with E-state index in [4.69, 9.17) is 4.74 Å². The Morgan fingerprint density at radius 2 is 1.67 bits per heavy atom. The van der Waals surface area contributed by atoms with E-state index in [0.29, 0.717) is 25.7 Å². The molecule has 2 bridgehead atoms. The van der Waals surface area contributed by atoms with Crippen LogP contribution in [0.25, 0.3) is 0 Å².